The van der Waals surface area contributed by atoms with E-state index in [9.17, 15) is 13.2 Å². The number of hydrogen-bond acceptors (Lipinski definition) is 4. The minimum atomic E-state index is -3.86. The highest BCUT2D eigenvalue weighted by Gasteiger charge is 2.28. The van der Waals surface area contributed by atoms with Gasteiger partial charge in [-0.1, -0.05) is 13.8 Å². The summed E-state index contributed by atoms with van der Waals surface area (Å²) >= 11 is 0. The lowest BCUT2D eigenvalue weighted by Gasteiger charge is -2.35. The second kappa shape index (κ2) is 6.26. The van der Waals surface area contributed by atoms with Crippen molar-refractivity contribution < 1.29 is 17.9 Å². The lowest BCUT2D eigenvalue weighted by Crippen LogP contribution is -2.42. The summed E-state index contributed by atoms with van der Waals surface area (Å²) < 4.78 is 28.2. The lowest BCUT2D eigenvalue weighted by molar-refractivity contribution is 0.0619. The summed E-state index contributed by atoms with van der Waals surface area (Å²) in [5.74, 6) is 0.962. The third kappa shape index (κ3) is 3.59. The SMILES string of the molecule is COc1ccc(S(N)(=O)=O)cc1C(=O)N1C[C@@H](C)C[C@H](C)C1. The lowest BCUT2D eigenvalue weighted by atomic mass is 9.91. The molecule has 122 valence electrons. The summed E-state index contributed by atoms with van der Waals surface area (Å²) in [5.41, 5.74) is 0.232. The normalized spacial score (nSPS) is 22.5. The molecule has 2 N–H and O–H groups in total. The van der Waals surface area contributed by atoms with Crippen molar-refractivity contribution in [3.05, 3.63) is 23.8 Å². The van der Waals surface area contributed by atoms with E-state index in [0.29, 0.717) is 30.7 Å². The fourth-order valence-electron chi connectivity index (χ4n) is 3.03. The van der Waals surface area contributed by atoms with E-state index in [1.807, 2.05) is 0 Å². The molecule has 0 radical (unpaired) electrons. The maximum Gasteiger partial charge on any atom is 0.257 e. The molecular formula is C15H22N2O4S. The predicted molar refractivity (Wildman–Crippen MR) is 83.2 cm³/mol. The number of ether oxygens (including phenoxy) is 1. The first-order valence-corrected chi connectivity index (χ1v) is 8.77. The fourth-order valence-corrected chi connectivity index (χ4v) is 3.57. The van der Waals surface area contributed by atoms with Gasteiger partial charge in [0.2, 0.25) is 10.0 Å². The van der Waals surface area contributed by atoms with E-state index in [1.54, 1.807) is 4.90 Å². The van der Waals surface area contributed by atoms with Gasteiger partial charge in [0.25, 0.3) is 5.91 Å². The van der Waals surface area contributed by atoms with Crippen LogP contribution in [0.5, 0.6) is 5.75 Å². The van der Waals surface area contributed by atoms with Crippen LogP contribution in [0.15, 0.2) is 23.1 Å². The van der Waals surface area contributed by atoms with Crippen LogP contribution in [0.2, 0.25) is 0 Å². The van der Waals surface area contributed by atoms with E-state index in [2.05, 4.69) is 13.8 Å². The Morgan fingerprint density at radius 3 is 2.36 bits per heavy atom. The standard InChI is InChI=1S/C15H22N2O4S/c1-10-6-11(2)9-17(8-10)15(18)13-7-12(22(16,19)20)4-5-14(13)21-3/h4-5,7,10-11H,6,8-9H2,1-3H3,(H2,16,19,20)/t10-,11-/m0/s1. The fraction of sp³-hybridized carbons (Fsp3) is 0.533. The number of methoxy groups -OCH3 is 1. The molecule has 1 aromatic rings. The summed E-state index contributed by atoms with van der Waals surface area (Å²) in [6.07, 6.45) is 1.08. The first kappa shape index (κ1) is 16.8. The number of hydrogen-bond donors (Lipinski definition) is 1. The Kier molecular flexibility index (Phi) is 4.77. The zero-order chi connectivity index (χ0) is 16.5. The van der Waals surface area contributed by atoms with Crippen LogP contribution in [0.25, 0.3) is 0 Å². The maximum absolute atomic E-state index is 12.8. The molecule has 0 aliphatic carbocycles. The Morgan fingerprint density at radius 2 is 1.86 bits per heavy atom. The molecule has 2 atom stereocenters. The van der Waals surface area contributed by atoms with E-state index in [1.165, 1.54) is 25.3 Å². The second-order valence-electron chi connectivity index (χ2n) is 6.06. The van der Waals surface area contributed by atoms with E-state index in [-0.39, 0.29) is 16.4 Å². The number of benzene rings is 1. The number of sulfonamides is 1. The molecule has 0 spiro atoms. The molecule has 0 saturated carbocycles. The summed E-state index contributed by atoms with van der Waals surface area (Å²) in [4.78, 5) is 14.4. The molecule has 1 saturated heterocycles. The van der Waals surface area contributed by atoms with Crippen molar-refractivity contribution in [2.45, 2.75) is 25.2 Å². The molecule has 2 rings (SSSR count). The molecule has 1 aliphatic heterocycles. The number of carbonyl (C=O) groups excluding carboxylic acids is 1. The predicted octanol–water partition coefficient (Wildman–Crippen LogP) is 1.46. The molecule has 1 aliphatic rings. The van der Waals surface area contributed by atoms with Crippen molar-refractivity contribution >= 4 is 15.9 Å². The summed E-state index contributed by atoms with van der Waals surface area (Å²) in [6.45, 7) is 5.53. The Morgan fingerprint density at radius 1 is 1.27 bits per heavy atom. The van der Waals surface area contributed by atoms with Crippen molar-refractivity contribution in [3.63, 3.8) is 0 Å². The van der Waals surface area contributed by atoms with Crippen LogP contribution >= 0.6 is 0 Å². The third-order valence-corrected chi connectivity index (χ3v) is 4.80. The van der Waals surface area contributed by atoms with Gasteiger partial charge in [0.1, 0.15) is 5.75 Å². The first-order valence-electron chi connectivity index (χ1n) is 7.22. The number of primary sulfonamides is 1. The van der Waals surface area contributed by atoms with E-state index < -0.39 is 10.0 Å². The van der Waals surface area contributed by atoms with Crippen molar-refractivity contribution in [1.82, 2.24) is 4.90 Å². The van der Waals surface area contributed by atoms with Gasteiger partial charge in [-0.15, -0.1) is 0 Å². The quantitative estimate of drug-likeness (QED) is 0.910. The highest BCUT2D eigenvalue weighted by atomic mass is 32.2. The maximum atomic E-state index is 12.8. The van der Waals surface area contributed by atoms with Gasteiger partial charge in [-0.2, -0.15) is 0 Å². The Bertz CT molecular complexity index is 662. The van der Waals surface area contributed by atoms with Gasteiger partial charge in [-0.3, -0.25) is 4.79 Å². The van der Waals surface area contributed by atoms with Gasteiger partial charge in [-0.05, 0) is 36.5 Å². The molecule has 1 fully saturated rings. The summed E-state index contributed by atoms with van der Waals surface area (Å²) in [7, 11) is -2.41. The molecule has 1 heterocycles. The number of likely N-dealkylation sites (tertiary alicyclic amines) is 1. The van der Waals surface area contributed by atoms with Crippen LogP contribution in [0.3, 0.4) is 0 Å². The van der Waals surface area contributed by atoms with Gasteiger partial charge in [0.15, 0.2) is 0 Å². The Hall–Kier alpha value is -1.60. The highest BCUT2D eigenvalue weighted by molar-refractivity contribution is 7.89. The van der Waals surface area contributed by atoms with Crippen LogP contribution in [0, 0.1) is 11.8 Å². The number of rotatable bonds is 3. The highest BCUT2D eigenvalue weighted by Crippen LogP contribution is 2.27. The summed E-state index contributed by atoms with van der Waals surface area (Å²) in [6, 6.07) is 4.09. The number of nitrogens with two attached hydrogens (primary N) is 1. The average molecular weight is 326 g/mol. The van der Waals surface area contributed by atoms with Crippen LogP contribution in [-0.4, -0.2) is 39.4 Å². The van der Waals surface area contributed by atoms with Crippen LogP contribution in [-0.2, 0) is 10.0 Å². The van der Waals surface area contributed by atoms with Gasteiger partial charge < -0.3 is 9.64 Å². The smallest absolute Gasteiger partial charge is 0.257 e. The molecule has 22 heavy (non-hydrogen) atoms. The van der Waals surface area contributed by atoms with Crippen molar-refractivity contribution in [2.24, 2.45) is 17.0 Å². The molecule has 0 aromatic heterocycles. The Labute approximate surface area is 131 Å². The molecule has 7 heteroatoms. The molecule has 0 bridgehead atoms. The first-order chi connectivity index (χ1) is 10.2. The van der Waals surface area contributed by atoms with Gasteiger partial charge >= 0.3 is 0 Å². The number of nitrogens with zero attached hydrogens (tertiary/aromatic N) is 1. The second-order valence-corrected chi connectivity index (χ2v) is 7.62. The number of carbonyl (C=O) groups is 1. The zero-order valence-corrected chi connectivity index (χ0v) is 13.9. The number of amides is 1. The molecule has 0 unspecified atom stereocenters. The monoisotopic (exact) mass is 326 g/mol. The van der Waals surface area contributed by atoms with E-state index in [4.69, 9.17) is 9.88 Å². The van der Waals surface area contributed by atoms with Crippen LogP contribution in [0.1, 0.15) is 30.6 Å². The van der Waals surface area contributed by atoms with Crippen LogP contribution in [0.4, 0.5) is 0 Å². The van der Waals surface area contributed by atoms with Crippen molar-refractivity contribution in [1.29, 1.82) is 0 Å². The zero-order valence-electron chi connectivity index (χ0n) is 13.1. The average Bonchev–Trinajstić information content (AvgIpc) is 2.43. The third-order valence-electron chi connectivity index (χ3n) is 3.89. The van der Waals surface area contributed by atoms with Gasteiger partial charge in [-0.25, -0.2) is 13.6 Å². The van der Waals surface area contributed by atoms with Crippen LogP contribution < -0.4 is 9.88 Å². The number of piperidine rings is 1. The molecule has 6 nitrogen and oxygen atoms in total. The summed E-state index contributed by atoms with van der Waals surface area (Å²) in [5, 5.41) is 5.15. The topological polar surface area (TPSA) is 89.7 Å². The largest absolute Gasteiger partial charge is 0.496 e. The van der Waals surface area contributed by atoms with Gasteiger partial charge in [0, 0.05) is 13.1 Å². The molecular weight excluding hydrogens is 304 g/mol. The Balaban J connectivity index is 2.39. The van der Waals surface area contributed by atoms with E-state index in [0.717, 1.165) is 6.42 Å². The molecule has 1 aromatic carbocycles. The minimum Gasteiger partial charge on any atom is -0.496 e. The van der Waals surface area contributed by atoms with Crippen molar-refractivity contribution in [2.75, 3.05) is 20.2 Å². The minimum absolute atomic E-state index is 0.0882. The molecule has 1 amide bonds. The van der Waals surface area contributed by atoms with E-state index >= 15 is 0 Å². The van der Waals surface area contributed by atoms with Gasteiger partial charge in [0.05, 0.1) is 17.6 Å². The van der Waals surface area contributed by atoms with Crippen molar-refractivity contribution in [3.8, 4) is 5.75 Å².